The number of hydrogen-bond donors (Lipinski definition) is 2. The molecule has 5 nitrogen and oxygen atoms in total. The molecule has 0 unspecified atom stereocenters. The van der Waals surface area contributed by atoms with Crippen molar-refractivity contribution in [2.45, 2.75) is 0 Å². The van der Waals surface area contributed by atoms with Gasteiger partial charge in [-0.1, -0.05) is 0 Å². The van der Waals surface area contributed by atoms with E-state index in [4.69, 9.17) is 11.5 Å². The molecule has 0 radical (unpaired) electrons. The van der Waals surface area contributed by atoms with Crippen LogP contribution in [0.5, 0.6) is 0 Å². The third kappa shape index (κ3) is 2.16. The van der Waals surface area contributed by atoms with E-state index < -0.39 is 0 Å². The Bertz CT molecular complexity index is 492. The zero-order valence-electron chi connectivity index (χ0n) is 8.21. The van der Waals surface area contributed by atoms with Crippen molar-refractivity contribution in [1.82, 2.24) is 9.55 Å². The molecule has 0 aromatic carbocycles. The van der Waals surface area contributed by atoms with Crippen molar-refractivity contribution in [3.8, 4) is 11.3 Å². The quantitative estimate of drug-likeness (QED) is 0.587. The van der Waals surface area contributed by atoms with Crippen LogP contribution in [0.1, 0.15) is 0 Å². The molecule has 0 fully saturated rings. The molecule has 2 aromatic heterocycles. The van der Waals surface area contributed by atoms with Crippen molar-refractivity contribution < 1.29 is 0 Å². The summed E-state index contributed by atoms with van der Waals surface area (Å²) < 4.78 is 1.97. The Morgan fingerprint density at radius 1 is 1.53 bits per heavy atom. The summed E-state index contributed by atoms with van der Waals surface area (Å²) in [6.45, 7) is 0. The molecule has 0 spiro atoms. The first-order valence-electron chi connectivity index (χ1n) is 4.32. The monoisotopic (exact) mass is 221 g/mol. The third-order valence-corrected chi connectivity index (χ3v) is 2.58. The van der Waals surface area contributed by atoms with Gasteiger partial charge in [0.2, 0.25) is 5.13 Å². The van der Waals surface area contributed by atoms with Crippen LogP contribution in [0.15, 0.2) is 28.8 Å². The molecule has 0 aliphatic carbocycles. The standard InChI is InChI=1S/C9H11N5S/c1-14-3-2-6(4-14)7-5-15-9(12-7)13-8(10)11/h2-5H,1H3,(H4,10,11,12,13). The van der Waals surface area contributed by atoms with Gasteiger partial charge in [0, 0.05) is 30.4 Å². The number of rotatable bonds is 2. The van der Waals surface area contributed by atoms with Gasteiger partial charge < -0.3 is 16.0 Å². The highest BCUT2D eigenvalue weighted by Crippen LogP contribution is 2.26. The van der Waals surface area contributed by atoms with Crippen LogP contribution in [0, 0.1) is 0 Å². The minimum absolute atomic E-state index is 0.0314. The van der Waals surface area contributed by atoms with Gasteiger partial charge in [0.15, 0.2) is 5.96 Å². The topological polar surface area (TPSA) is 82.2 Å². The number of guanidine groups is 1. The lowest BCUT2D eigenvalue weighted by Crippen LogP contribution is -2.21. The molecule has 0 aliphatic heterocycles. The molecule has 2 aromatic rings. The first kappa shape index (κ1) is 9.72. The highest BCUT2D eigenvalue weighted by molar-refractivity contribution is 7.13. The second kappa shape index (κ2) is 3.74. The summed E-state index contributed by atoms with van der Waals surface area (Å²) in [5.74, 6) is 0.0314. The maximum absolute atomic E-state index is 5.27. The van der Waals surface area contributed by atoms with E-state index in [0.717, 1.165) is 11.3 Å². The molecule has 0 aliphatic rings. The SMILES string of the molecule is Cn1ccc(-c2csc(N=C(N)N)n2)c1. The predicted molar refractivity (Wildman–Crippen MR) is 62.0 cm³/mol. The summed E-state index contributed by atoms with van der Waals surface area (Å²) in [6, 6.07) is 1.99. The first-order valence-corrected chi connectivity index (χ1v) is 5.20. The minimum atomic E-state index is 0.0314. The lowest BCUT2D eigenvalue weighted by atomic mass is 10.3. The minimum Gasteiger partial charge on any atom is -0.370 e. The average molecular weight is 221 g/mol. The van der Waals surface area contributed by atoms with Crippen molar-refractivity contribution >= 4 is 22.4 Å². The number of nitrogens with two attached hydrogens (primary N) is 2. The van der Waals surface area contributed by atoms with Crippen LogP contribution in [0.3, 0.4) is 0 Å². The van der Waals surface area contributed by atoms with Crippen molar-refractivity contribution in [1.29, 1.82) is 0 Å². The number of nitrogens with zero attached hydrogens (tertiary/aromatic N) is 3. The lowest BCUT2D eigenvalue weighted by Gasteiger charge is -1.89. The molecule has 0 atom stereocenters. The maximum Gasteiger partial charge on any atom is 0.212 e. The van der Waals surface area contributed by atoms with E-state index in [1.165, 1.54) is 11.3 Å². The smallest absolute Gasteiger partial charge is 0.212 e. The predicted octanol–water partition coefficient (Wildman–Crippen LogP) is 1.05. The van der Waals surface area contributed by atoms with Crippen molar-refractivity contribution in [2.75, 3.05) is 0 Å². The molecule has 2 heterocycles. The molecular formula is C9H11N5S. The fraction of sp³-hybridized carbons (Fsp3) is 0.111. The molecule has 0 bridgehead atoms. The highest BCUT2D eigenvalue weighted by atomic mass is 32.1. The number of aliphatic imine (C=N–C) groups is 1. The van der Waals surface area contributed by atoms with Crippen LogP contribution < -0.4 is 11.5 Å². The Morgan fingerprint density at radius 2 is 2.33 bits per heavy atom. The van der Waals surface area contributed by atoms with Gasteiger partial charge in [0.05, 0.1) is 5.69 Å². The van der Waals surface area contributed by atoms with Gasteiger partial charge in [-0.2, -0.15) is 4.99 Å². The number of hydrogen-bond acceptors (Lipinski definition) is 3. The van der Waals surface area contributed by atoms with E-state index in [1.54, 1.807) is 0 Å². The zero-order chi connectivity index (χ0) is 10.8. The molecule has 78 valence electrons. The van der Waals surface area contributed by atoms with Crippen LogP contribution in [-0.2, 0) is 7.05 Å². The van der Waals surface area contributed by atoms with Crippen LogP contribution in [0.4, 0.5) is 5.13 Å². The van der Waals surface area contributed by atoms with Crippen LogP contribution in [0.25, 0.3) is 11.3 Å². The van der Waals surface area contributed by atoms with Gasteiger partial charge in [-0.15, -0.1) is 11.3 Å². The molecule has 2 rings (SSSR count). The van der Waals surface area contributed by atoms with E-state index in [0.29, 0.717) is 5.13 Å². The first-order chi connectivity index (χ1) is 7.15. The lowest BCUT2D eigenvalue weighted by molar-refractivity contribution is 0.928. The fourth-order valence-corrected chi connectivity index (χ4v) is 1.93. The molecule has 6 heteroatoms. The Morgan fingerprint density at radius 3 is 2.93 bits per heavy atom. The summed E-state index contributed by atoms with van der Waals surface area (Å²) in [6.07, 6.45) is 3.96. The Labute approximate surface area is 91.1 Å². The van der Waals surface area contributed by atoms with E-state index >= 15 is 0 Å². The Hall–Kier alpha value is -1.82. The molecule has 0 amide bonds. The van der Waals surface area contributed by atoms with E-state index in [-0.39, 0.29) is 5.96 Å². The van der Waals surface area contributed by atoms with Crippen molar-refractivity contribution in [3.63, 3.8) is 0 Å². The molecule has 15 heavy (non-hydrogen) atoms. The van der Waals surface area contributed by atoms with E-state index in [9.17, 15) is 0 Å². The third-order valence-electron chi connectivity index (χ3n) is 1.84. The normalized spacial score (nSPS) is 10.2. The van der Waals surface area contributed by atoms with Gasteiger partial charge in [-0.3, -0.25) is 0 Å². The molecular weight excluding hydrogens is 210 g/mol. The second-order valence-electron chi connectivity index (χ2n) is 3.12. The van der Waals surface area contributed by atoms with E-state index in [2.05, 4.69) is 9.98 Å². The van der Waals surface area contributed by atoms with E-state index in [1.807, 2.05) is 35.5 Å². The second-order valence-corrected chi connectivity index (χ2v) is 3.95. The van der Waals surface area contributed by atoms with Crippen LogP contribution in [0.2, 0.25) is 0 Å². The summed E-state index contributed by atoms with van der Waals surface area (Å²) in [4.78, 5) is 8.18. The van der Waals surface area contributed by atoms with Crippen molar-refractivity contribution in [2.24, 2.45) is 23.5 Å². The number of thiazole rings is 1. The Kier molecular flexibility index (Phi) is 2.42. The van der Waals surface area contributed by atoms with Gasteiger partial charge >= 0.3 is 0 Å². The zero-order valence-corrected chi connectivity index (χ0v) is 9.03. The average Bonchev–Trinajstić information content (AvgIpc) is 2.72. The largest absolute Gasteiger partial charge is 0.370 e. The van der Waals surface area contributed by atoms with Gasteiger partial charge in [0.25, 0.3) is 0 Å². The van der Waals surface area contributed by atoms with Crippen LogP contribution >= 0.6 is 11.3 Å². The van der Waals surface area contributed by atoms with Gasteiger partial charge in [0.1, 0.15) is 0 Å². The van der Waals surface area contributed by atoms with Crippen molar-refractivity contribution in [3.05, 3.63) is 23.8 Å². The fourth-order valence-electron chi connectivity index (χ4n) is 1.21. The summed E-state index contributed by atoms with van der Waals surface area (Å²) in [7, 11) is 1.97. The number of aryl methyl sites for hydroxylation is 1. The number of aromatic nitrogens is 2. The summed E-state index contributed by atoms with van der Waals surface area (Å²) in [5.41, 5.74) is 12.5. The van der Waals surface area contributed by atoms with Gasteiger partial charge in [-0.25, -0.2) is 4.98 Å². The highest BCUT2D eigenvalue weighted by Gasteiger charge is 2.04. The summed E-state index contributed by atoms with van der Waals surface area (Å²) >= 11 is 1.41. The van der Waals surface area contributed by atoms with Crippen LogP contribution in [-0.4, -0.2) is 15.5 Å². The van der Waals surface area contributed by atoms with Gasteiger partial charge in [-0.05, 0) is 6.07 Å². The Balaban J connectivity index is 2.31. The molecule has 0 saturated heterocycles. The summed E-state index contributed by atoms with van der Waals surface area (Å²) in [5, 5.41) is 2.51. The molecule has 0 saturated carbocycles. The maximum atomic E-state index is 5.27. The molecule has 4 N–H and O–H groups in total.